The van der Waals surface area contributed by atoms with Crippen LogP contribution in [-0.4, -0.2) is 4.98 Å². The van der Waals surface area contributed by atoms with Crippen molar-refractivity contribution in [1.29, 1.82) is 5.26 Å². The van der Waals surface area contributed by atoms with Crippen molar-refractivity contribution in [2.24, 2.45) is 0 Å². The summed E-state index contributed by atoms with van der Waals surface area (Å²) in [6.07, 6.45) is 0. The smallest absolute Gasteiger partial charge is 0.195 e. The van der Waals surface area contributed by atoms with Crippen molar-refractivity contribution in [1.82, 2.24) is 4.98 Å². The Labute approximate surface area is 58.9 Å². The third-order valence-electron chi connectivity index (χ3n) is 0.572. The summed E-state index contributed by atoms with van der Waals surface area (Å²) in [4.78, 5) is 3.80. The van der Waals surface area contributed by atoms with Crippen molar-refractivity contribution in [3.05, 3.63) is 15.0 Å². The number of hydrogen-bond donors (Lipinski definition) is 0. The molecule has 1 rings (SSSR count). The molecule has 0 aromatic carbocycles. The lowest BCUT2D eigenvalue weighted by molar-refractivity contribution is 1.31. The van der Waals surface area contributed by atoms with Crippen LogP contribution in [0.15, 0.2) is 9.98 Å². The highest BCUT2D eigenvalue weighted by atomic mass is 79.9. The molecule has 40 valence electrons. The quantitative estimate of drug-likeness (QED) is 0.462. The van der Waals surface area contributed by atoms with Crippen LogP contribution in [-0.2, 0) is 0 Å². The van der Waals surface area contributed by atoms with Crippen LogP contribution in [0.4, 0.5) is 0 Å². The van der Waals surface area contributed by atoms with E-state index in [1.807, 2.05) is 6.07 Å². The van der Waals surface area contributed by atoms with Crippen LogP contribution in [0, 0.1) is 11.3 Å². The Morgan fingerprint density at radius 2 is 2.62 bits per heavy atom. The molecule has 0 N–H and O–H groups in total. The maximum atomic E-state index is 8.23. The van der Waals surface area contributed by atoms with Crippen LogP contribution in [0.25, 0.3) is 0 Å². The van der Waals surface area contributed by atoms with E-state index in [1.54, 1.807) is 5.38 Å². The van der Waals surface area contributed by atoms with Crippen molar-refractivity contribution in [3.8, 4) is 6.07 Å². The molecule has 0 amide bonds. The Hall–Kier alpha value is -0.400. The highest BCUT2D eigenvalue weighted by Crippen LogP contribution is 2.12. The highest BCUT2D eigenvalue weighted by molar-refractivity contribution is 9.10. The van der Waals surface area contributed by atoms with E-state index < -0.39 is 0 Å². The first-order valence-electron chi connectivity index (χ1n) is 1.84. The Balaban J connectivity index is 3.05. The number of nitriles is 1. The minimum absolute atomic E-state index is 0.497. The van der Waals surface area contributed by atoms with Crippen LogP contribution in [0.2, 0.25) is 0 Å². The van der Waals surface area contributed by atoms with Gasteiger partial charge in [0.15, 0.2) is 5.01 Å². The van der Waals surface area contributed by atoms with Gasteiger partial charge in [-0.3, -0.25) is 0 Å². The number of nitrogens with zero attached hydrogens (tertiary/aromatic N) is 2. The summed E-state index contributed by atoms with van der Waals surface area (Å²) in [5, 5.41) is 10.5. The Morgan fingerprint density at radius 1 is 1.88 bits per heavy atom. The van der Waals surface area contributed by atoms with Gasteiger partial charge in [-0.05, 0) is 15.9 Å². The predicted octanol–water partition coefficient (Wildman–Crippen LogP) is 1.78. The SMILES string of the molecule is [15N]#[13C]c1nc(Br)cs1. The van der Waals surface area contributed by atoms with E-state index in [-0.39, 0.29) is 0 Å². The number of thiazole rings is 1. The molecule has 0 atom stereocenters. The lowest BCUT2D eigenvalue weighted by Crippen LogP contribution is -1.65. The van der Waals surface area contributed by atoms with Crippen molar-refractivity contribution in [2.75, 3.05) is 0 Å². The van der Waals surface area contributed by atoms with Gasteiger partial charge in [0, 0.05) is 5.38 Å². The topological polar surface area (TPSA) is 36.7 Å². The van der Waals surface area contributed by atoms with Crippen LogP contribution < -0.4 is 0 Å². The monoisotopic (exact) mass is 190 g/mol. The fraction of sp³-hybridized carbons (Fsp3) is 0. The number of aromatic nitrogens is 1. The zero-order valence-electron chi connectivity index (χ0n) is 3.76. The van der Waals surface area contributed by atoms with Gasteiger partial charge in [-0.1, -0.05) is 0 Å². The lowest BCUT2D eigenvalue weighted by Gasteiger charge is -1.66. The van der Waals surface area contributed by atoms with E-state index in [1.165, 1.54) is 11.3 Å². The molecule has 0 bridgehead atoms. The van der Waals surface area contributed by atoms with Crippen LogP contribution in [0.3, 0.4) is 0 Å². The van der Waals surface area contributed by atoms with E-state index in [2.05, 4.69) is 20.9 Å². The predicted molar refractivity (Wildman–Crippen MR) is 34.5 cm³/mol. The van der Waals surface area contributed by atoms with Gasteiger partial charge in [0.2, 0.25) is 0 Å². The molecule has 1 heterocycles. The van der Waals surface area contributed by atoms with Crippen molar-refractivity contribution < 1.29 is 0 Å². The summed E-state index contributed by atoms with van der Waals surface area (Å²) in [6, 6.07) is 1.93. The average Bonchev–Trinajstić information content (AvgIpc) is 2.14. The molecule has 0 radical (unpaired) electrons. The standard InChI is InChI=1S/C4HBrN2S/c5-3-2-8-4(1-6)7-3/h2H/i1+1,6+1. The number of halogens is 1. The summed E-state index contributed by atoms with van der Waals surface area (Å²) < 4.78 is 0.735. The van der Waals surface area contributed by atoms with Gasteiger partial charge in [0.1, 0.15) is 10.7 Å². The van der Waals surface area contributed by atoms with Crippen molar-refractivity contribution in [3.63, 3.8) is 0 Å². The van der Waals surface area contributed by atoms with Crippen molar-refractivity contribution in [2.45, 2.75) is 0 Å². The minimum Gasteiger partial charge on any atom is -0.219 e. The molecular weight excluding hydrogens is 190 g/mol. The summed E-state index contributed by atoms with van der Waals surface area (Å²) in [6.45, 7) is 0. The van der Waals surface area contributed by atoms with Gasteiger partial charge in [-0.25, -0.2) is 4.98 Å². The maximum Gasteiger partial charge on any atom is 0.195 e. The van der Waals surface area contributed by atoms with Crippen LogP contribution in [0.5, 0.6) is 0 Å². The molecule has 1 aromatic heterocycles. The second-order valence-electron chi connectivity index (χ2n) is 1.09. The molecule has 0 saturated carbocycles. The van der Waals surface area contributed by atoms with E-state index in [0.29, 0.717) is 5.01 Å². The normalized spacial score (nSPS) is 8.50. The molecule has 4 heteroatoms. The van der Waals surface area contributed by atoms with E-state index >= 15 is 0 Å². The number of rotatable bonds is 0. The Kier molecular flexibility index (Phi) is 1.61. The summed E-state index contributed by atoms with van der Waals surface area (Å²) in [7, 11) is 0. The first-order valence-corrected chi connectivity index (χ1v) is 3.51. The van der Waals surface area contributed by atoms with Crippen LogP contribution >= 0.6 is 27.3 Å². The highest BCUT2D eigenvalue weighted by Gasteiger charge is 1.93. The third-order valence-corrected chi connectivity index (χ3v) is 2.03. The largest absolute Gasteiger partial charge is 0.219 e. The molecule has 0 aliphatic rings. The summed E-state index contributed by atoms with van der Waals surface area (Å²) in [5.41, 5.74) is 0. The van der Waals surface area contributed by atoms with E-state index in [9.17, 15) is 0 Å². The summed E-state index contributed by atoms with van der Waals surface area (Å²) >= 11 is 4.45. The van der Waals surface area contributed by atoms with Gasteiger partial charge in [0.05, 0.1) is 0 Å². The Morgan fingerprint density at radius 3 is 2.88 bits per heavy atom. The molecule has 2 nitrogen and oxygen atoms in total. The molecule has 0 spiro atoms. The minimum atomic E-state index is 0.497. The molecule has 0 saturated heterocycles. The van der Waals surface area contributed by atoms with Gasteiger partial charge in [-0.2, -0.15) is 5.26 Å². The number of hydrogen-bond acceptors (Lipinski definition) is 3. The molecular formula is C4HBrN2S. The maximum absolute atomic E-state index is 8.23. The summed E-state index contributed by atoms with van der Waals surface area (Å²) in [5.74, 6) is 0. The third kappa shape index (κ3) is 1.05. The first kappa shape index (κ1) is 5.73. The van der Waals surface area contributed by atoms with Gasteiger partial charge in [0.25, 0.3) is 0 Å². The first-order chi connectivity index (χ1) is 3.83. The van der Waals surface area contributed by atoms with Gasteiger partial charge < -0.3 is 0 Å². The molecule has 0 fully saturated rings. The molecule has 0 aliphatic heterocycles. The fourth-order valence-corrected chi connectivity index (χ4v) is 1.35. The van der Waals surface area contributed by atoms with Crippen LogP contribution in [0.1, 0.15) is 5.01 Å². The zero-order valence-corrected chi connectivity index (χ0v) is 6.16. The van der Waals surface area contributed by atoms with Crippen molar-refractivity contribution >= 4 is 27.3 Å². The average molecular weight is 191 g/mol. The Bertz CT molecular complexity index is 224. The molecule has 0 unspecified atom stereocenters. The molecule has 0 aliphatic carbocycles. The second-order valence-corrected chi connectivity index (χ2v) is 2.76. The molecule has 8 heavy (non-hydrogen) atoms. The van der Waals surface area contributed by atoms with Gasteiger partial charge >= 0.3 is 0 Å². The fourth-order valence-electron chi connectivity index (χ4n) is 0.306. The second kappa shape index (κ2) is 2.25. The van der Waals surface area contributed by atoms with Gasteiger partial charge in [-0.15, -0.1) is 11.3 Å². The molecule has 1 aromatic rings. The van der Waals surface area contributed by atoms with E-state index in [4.69, 9.17) is 5.26 Å². The van der Waals surface area contributed by atoms with E-state index in [0.717, 1.165) is 4.60 Å². The lowest BCUT2D eigenvalue weighted by atomic mass is 11.0. The zero-order chi connectivity index (χ0) is 5.98.